The van der Waals surface area contributed by atoms with Crippen LogP contribution < -0.4 is 0 Å². The first-order valence-corrected chi connectivity index (χ1v) is 3.25. The van der Waals surface area contributed by atoms with E-state index in [1.54, 1.807) is 0 Å². The fourth-order valence-corrected chi connectivity index (χ4v) is 0.342. The first-order chi connectivity index (χ1) is 6.00. The molecule has 0 radical (unpaired) electrons. The van der Waals surface area contributed by atoms with Crippen molar-refractivity contribution in [3.63, 3.8) is 0 Å². The van der Waals surface area contributed by atoms with Crippen molar-refractivity contribution in [3.8, 4) is 0 Å². The van der Waals surface area contributed by atoms with Crippen LogP contribution in [0.25, 0.3) is 0 Å². The fraction of sp³-hybridized carbons (Fsp3) is 0.300. The quantitative estimate of drug-likeness (QED) is 0.460. The Kier molecular flexibility index (Phi) is 110. The molecule has 14 heavy (non-hydrogen) atoms. The fourth-order valence-electron chi connectivity index (χ4n) is 0.342. The third-order valence-electron chi connectivity index (χ3n) is 0.607. The molecule has 0 aromatic heterocycles. The molecule has 0 bridgehead atoms. The number of benzene rings is 1. The third-order valence-corrected chi connectivity index (χ3v) is 0.607. The van der Waals surface area contributed by atoms with Crippen molar-refractivity contribution in [2.75, 3.05) is 21.3 Å². The standard InChI is InChI=1S/C6H5.3CH4O.CH3.Ti/c1-2-4-6-5-3-1;3*1-2;;/h1-5H;3*2H,1H3;1H3;/q-1;;;;-1;+2. The Morgan fingerprint density at radius 1 is 0.714 bits per heavy atom. The van der Waals surface area contributed by atoms with E-state index in [1.807, 2.05) is 30.3 Å². The van der Waals surface area contributed by atoms with Gasteiger partial charge in [-0.2, -0.15) is 36.4 Å². The molecule has 0 aliphatic heterocycles. The molecule has 82 valence electrons. The van der Waals surface area contributed by atoms with E-state index in [4.69, 9.17) is 15.3 Å². The number of aliphatic hydroxyl groups is 3. The summed E-state index contributed by atoms with van der Waals surface area (Å²) >= 11 is 0. The summed E-state index contributed by atoms with van der Waals surface area (Å²) in [4.78, 5) is 0. The number of aliphatic hydroxyl groups excluding tert-OH is 3. The Morgan fingerprint density at radius 3 is 1.07 bits per heavy atom. The molecular formula is C10H20O3Ti. The van der Waals surface area contributed by atoms with Gasteiger partial charge in [0.2, 0.25) is 0 Å². The molecule has 1 aromatic carbocycles. The van der Waals surface area contributed by atoms with Gasteiger partial charge in [0.25, 0.3) is 0 Å². The SMILES string of the molecule is CO.CO.CO.[CH3-].[Ti+2].[c-]1ccccc1. The maximum absolute atomic E-state index is 7.00. The minimum absolute atomic E-state index is 0. The minimum atomic E-state index is 0. The topological polar surface area (TPSA) is 60.7 Å². The van der Waals surface area contributed by atoms with E-state index in [0.717, 1.165) is 21.3 Å². The smallest absolute Gasteiger partial charge is 0.400 e. The Bertz CT molecular complexity index is 87.3. The van der Waals surface area contributed by atoms with Crippen molar-refractivity contribution in [2.24, 2.45) is 0 Å². The molecule has 3 nitrogen and oxygen atoms in total. The summed E-state index contributed by atoms with van der Waals surface area (Å²) in [5, 5.41) is 21.0. The number of rotatable bonds is 0. The summed E-state index contributed by atoms with van der Waals surface area (Å²) in [7, 11) is 3.00. The molecule has 0 atom stereocenters. The predicted molar refractivity (Wildman–Crippen MR) is 56.1 cm³/mol. The van der Waals surface area contributed by atoms with Crippen LogP contribution in [0.4, 0.5) is 0 Å². The van der Waals surface area contributed by atoms with Gasteiger partial charge in [-0.05, 0) is 0 Å². The van der Waals surface area contributed by atoms with Crippen molar-refractivity contribution in [3.05, 3.63) is 43.8 Å². The maximum atomic E-state index is 7.00. The van der Waals surface area contributed by atoms with E-state index in [0.29, 0.717) is 0 Å². The monoisotopic (exact) mass is 236 g/mol. The molecule has 0 unspecified atom stereocenters. The van der Waals surface area contributed by atoms with Crippen LogP contribution in [0.3, 0.4) is 0 Å². The minimum Gasteiger partial charge on any atom is -0.400 e. The van der Waals surface area contributed by atoms with Crippen molar-refractivity contribution in [2.45, 2.75) is 0 Å². The number of hydrogen-bond acceptors (Lipinski definition) is 3. The Hall–Kier alpha value is -0.186. The largest absolute Gasteiger partial charge is 2.00 e. The summed E-state index contributed by atoms with van der Waals surface area (Å²) in [6.45, 7) is 0. The van der Waals surface area contributed by atoms with Gasteiger partial charge >= 0.3 is 21.7 Å². The summed E-state index contributed by atoms with van der Waals surface area (Å²) in [5.41, 5.74) is 0. The first kappa shape index (κ1) is 29.2. The van der Waals surface area contributed by atoms with Crippen molar-refractivity contribution in [1.82, 2.24) is 0 Å². The average molecular weight is 236 g/mol. The third kappa shape index (κ3) is 40.9. The molecule has 0 aliphatic carbocycles. The second kappa shape index (κ2) is 52.9. The first-order valence-electron chi connectivity index (χ1n) is 3.25. The normalized spacial score (nSPS) is 4.71. The van der Waals surface area contributed by atoms with E-state index in [1.165, 1.54) is 0 Å². The van der Waals surface area contributed by atoms with Crippen LogP contribution >= 0.6 is 0 Å². The van der Waals surface area contributed by atoms with Crippen LogP contribution in [0.15, 0.2) is 30.3 Å². The predicted octanol–water partition coefficient (Wildman–Crippen LogP) is 0.760. The molecule has 0 amide bonds. The van der Waals surface area contributed by atoms with Gasteiger partial charge in [0.1, 0.15) is 0 Å². The molecule has 1 rings (SSSR count). The van der Waals surface area contributed by atoms with Gasteiger partial charge in [0, 0.05) is 21.3 Å². The Balaban J connectivity index is -0.0000000300. The molecule has 0 spiro atoms. The second-order valence-corrected chi connectivity index (χ2v) is 1.08. The van der Waals surface area contributed by atoms with Crippen LogP contribution in [-0.4, -0.2) is 36.6 Å². The van der Waals surface area contributed by atoms with Crippen molar-refractivity contribution < 1.29 is 37.0 Å². The van der Waals surface area contributed by atoms with Crippen LogP contribution in [0.2, 0.25) is 0 Å². The van der Waals surface area contributed by atoms with Gasteiger partial charge in [0.15, 0.2) is 0 Å². The molecule has 0 aliphatic rings. The van der Waals surface area contributed by atoms with Gasteiger partial charge < -0.3 is 22.7 Å². The van der Waals surface area contributed by atoms with Crippen LogP contribution in [0, 0.1) is 13.5 Å². The van der Waals surface area contributed by atoms with Crippen molar-refractivity contribution >= 4 is 0 Å². The van der Waals surface area contributed by atoms with Gasteiger partial charge in [-0.15, -0.1) is 0 Å². The summed E-state index contributed by atoms with van der Waals surface area (Å²) in [5.74, 6) is 0. The average Bonchev–Trinajstić information content (AvgIpc) is 2.29. The van der Waals surface area contributed by atoms with Crippen LogP contribution in [0.1, 0.15) is 0 Å². The zero-order valence-corrected chi connectivity index (χ0v) is 10.8. The zero-order valence-electron chi connectivity index (χ0n) is 9.23. The molecule has 3 N–H and O–H groups in total. The van der Waals surface area contributed by atoms with E-state index < -0.39 is 0 Å². The van der Waals surface area contributed by atoms with E-state index in [-0.39, 0.29) is 29.1 Å². The molecule has 1 aromatic rings. The molecule has 4 heteroatoms. The zero-order chi connectivity index (χ0) is 10.2. The molecule has 0 saturated carbocycles. The maximum Gasteiger partial charge on any atom is 2.00 e. The van der Waals surface area contributed by atoms with Gasteiger partial charge in [-0.25, -0.2) is 0 Å². The summed E-state index contributed by atoms with van der Waals surface area (Å²) < 4.78 is 0. The molecular weight excluding hydrogens is 216 g/mol. The summed E-state index contributed by atoms with van der Waals surface area (Å²) in [6, 6.07) is 12.5. The van der Waals surface area contributed by atoms with E-state index >= 15 is 0 Å². The molecule has 0 heterocycles. The van der Waals surface area contributed by atoms with Crippen LogP contribution in [0.5, 0.6) is 0 Å². The van der Waals surface area contributed by atoms with Gasteiger partial charge in [-0.3, -0.25) is 0 Å². The number of hydrogen-bond donors (Lipinski definition) is 3. The van der Waals surface area contributed by atoms with E-state index in [9.17, 15) is 0 Å². The van der Waals surface area contributed by atoms with Gasteiger partial charge in [-0.1, -0.05) is 0 Å². The van der Waals surface area contributed by atoms with Gasteiger partial charge in [0.05, 0.1) is 0 Å². The Morgan fingerprint density at radius 2 is 1.00 bits per heavy atom. The molecule has 0 saturated heterocycles. The van der Waals surface area contributed by atoms with Crippen LogP contribution in [-0.2, 0) is 21.7 Å². The second-order valence-electron chi connectivity index (χ2n) is 1.08. The summed E-state index contributed by atoms with van der Waals surface area (Å²) in [6.07, 6.45) is 0. The van der Waals surface area contributed by atoms with Crippen molar-refractivity contribution in [1.29, 1.82) is 0 Å². The Labute approximate surface area is 102 Å². The molecule has 0 fully saturated rings. The van der Waals surface area contributed by atoms with E-state index in [2.05, 4.69) is 6.07 Å².